The van der Waals surface area contributed by atoms with E-state index in [1.807, 2.05) is 31.2 Å². The molecule has 2 unspecified atom stereocenters. The fraction of sp³-hybridized carbons (Fsp3) is 0.400. The average Bonchev–Trinajstić information content (AvgIpc) is 2.41. The molecule has 0 aromatic heterocycles. The SMILES string of the molecule is CC1CCN(C(=O)/C=C/c2ccc(Br)cc2)CC1O. The van der Waals surface area contributed by atoms with Gasteiger partial charge in [-0.1, -0.05) is 35.0 Å². The molecule has 0 bridgehead atoms. The third kappa shape index (κ3) is 3.91. The van der Waals surface area contributed by atoms with Crippen molar-refractivity contribution in [3.05, 3.63) is 40.4 Å². The van der Waals surface area contributed by atoms with E-state index < -0.39 is 6.10 Å². The van der Waals surface area contributed by atoms with E-state index in [0.717, 1.165) is 23.0 Å². The van der Waals surface area contributed by atoms with Crippen molar-refractivity contribution in [2.75, 3.05) is 13.1 Å². The van der Waals surface area contributed by atoms with Crippen molar-refractivity contribution < 1.29 is 9.90 Å². The number of rotatable bonds is 2. The smallest absolute Gasteiger partial charge is 0.246 e. The number of halogens is 1. The molecule has 1 fully saturated rings. The van der Waals surface area contributed by atoms with Crippen LogP contribution in [0.5, 0.6) is 0 Å². The third-order valence-corrected chi connectivity index (χ3v) is 4.05. The van der Waals surface area contributed by atoms with Gasteiger partial charge in [-0.2, -0.15) is 0 Å². The van der Waals surface area contributed by atoms with Gasteiger partial charge in [-0.3, -0.25) is 4.79 Å². The zero-order valence-electron chi connectivity index (χ0n) is 10.9. The fourth-order valence-corrected chi connectivity index (χ4v) is 2.36. The average molecular weight is 324 g/mol. The second-order valence-corrected chi connectivity index (χ2v) is 5.92. The van der Waals surface area contributed by atoms with E-state index in [2.05, 4.69) is 15.9 Å². The first kappa shape index (κ1) is 14.3. The highest BCUT2D eigenvalue weighted by molar-refractivity contribution is 9.10. The van der Waals surface area contributed by atoms with Crippen LogP contribution in [0, 0.1) is 5.92 Å². The van der Waals surface area contributed by atoms with E-state index in [1.54, 1.807) is 17.1 Å². The molecule has 0 aliphatic carbocycles. The molecule has 1 heterocycles. The van der Waals surface area contributed by atoms with Gasteiger partial charge in [0, 0.05) is 23.6 Å². The zero-order valence-corrected chi connectivity index (χ0v) is 12.5. The summed E-state index contributed by atoms with van der Waals surface area (Å²) in [5.41, 5.74) is 0.988. The molecule has 1 saturated heterocycles. The van der Waals surface area contributed by atoms with Crippen LogP contribution in [-0.2, 0) is 4.79 Å². The molecule has 3 nitrogen and oxygen atoms in total. The molecular formula is C15H18BrNO2. The summed E-state index contributed by atoms with van der Waals surface area (Å²) in [6, 6.07) is 7.77. The van der Waals surface area contributed by atoms with Crippen molar-refractivity contribution in [3.63, 3.8) is 0 Å². The van der Waals surface area contributed by atoms with Crippen LogP contribution < -0.4 is 0 Å². The zero-order chi connectivity index (χ0) is 13.8. The van der Waals surface area contributed by atoms with E-state index in [0.29, 0.717) is 6.54 Å². The highest BCUT2D eigenvalue weighted by Gasteiger charge is 2.25. The normalized spacial score (nSPS) is 23.8. The lowest BCUT2D eigenvalue weighted by molar-refractivity contribution is -0.130. The Labute approximate surface area is 122 Å². The summed E-state index contributed by atoms with van der Waals surface area (Å²) in [6.07, 6.45) is 3.84. The van der Waals surface area contributed by atoms with Gasteiger partial charge >= 0.3 is 0 Å². The maximum atomic E-state index is 12.0. The molecule has 19 heavy (non-hydrogen) atoms. The molecule has 2 rings (SSSR count). The molecule has 1 N–H and O–H groups in total. The topological polar surface area (TPSA) is 40.5 Å². The second kappa shape index (κ2) is 6.35. The maximum Gasteiger partial charge on any atom is 0.246 e. The van der Waals surface area contributed by atoms with Gasteiger partial charge in [0.05, 0.1) is 6.10 Å². The van der Waals surface area contributed by atoms with Crippen molar-refractivity contribution in [2.24, 2.45) is 5.92 Å². The first-order chi connectivity index (χ1) is 9.06. The predicted molar refractivity (Wildman–Crippen MR) is 79.5 cm³/mol. The molecule has 0 spiro atoms. The van der Waals surface area contributed by atoms with Gasteiger partial charge in [0.15, 0.2) is 0 Å². The first-order valence-electron chi connectivity index (χ1n) is 6.47. The maximum absolute atomic E-state index is 12.0. The van der Waals surface area contributed by atoms with Gasteiger partial charge in [-0.05, 0) is 36.1 Å². The minimum Gasteiger partial charge on any atom is -0.391 e. The molecular weight excluding hydrogens is 306 g/mol. The van der Waals surface area contributed by atoms with Gasteiger partial charge in [-0.15, -0.1) is 0 Å². The largest absolute Gasteiger partial charge is 0.391 e. The molecule has 1 amide bonds. The number of hydrogen-bond donors (Lipinski definition) is 1. The number of piperidine rings is 1. The fourth-order valence-electron chi connectivity index (χ4n) is 2.10. The van der Waals surface area contributed by atoms with E-state index in [4.69, 9.17) is 0 Å². The van der Waals surface area contributed by atoms with Gasteiger partial charge in [0.2, 0.25) is 5.91 Å². The lowest BCUT2D eigenvalue weighted by atomic mass is 9.96. The lowest BCUT2D eigenvalue weighted by Gasteiger charge is -2.33. The summed E-state index contributed by atoms with van der Waals surface area (Å²) >= 11 is 3.37. The molecule has 1 aromatic rings. The summed E-state index contributed by atoms with van der Waals surface area (Å²) in [5.74, 6) is 0.244. The Hall–Kier alpha value is -1.13. The molecule has 0 saturated carbocycles. The van der Waals surface area contributed by atoms with Crippen molar-refractivity contribution in [2.45, 2.75) is 19.4 Å². The Balaban J connectivity index is 1.95. The Morgan fingerprint density at radius 3 is 2.74 bits per heavy atom. The van der Waals surface area contributed by atoms with Crippen molar-refractivity contribution in [1.82, 2.24) is 4.90 Å². The number of amides is 1. The van der Waals surface area contributed by atoms with E-state index >= 15 is 0 Å². The number of β-amino-alcohol motifs (C(OH)–C–C–N with tert-alkyl or cyclic N) is 1. The number of nitrogens with zero attached hydrogens (tertiary/aromatic N) is 1. The minimum atomic E-state index is -0.404. The van der Waals surface area contributed by atoms with E-state index in [9.17, 15) is 9.90 Å². The number of aliphatic hydroxyl groups excluding tert-OH is 1. The van der Waals surface area contributed by atoms with Gasteiger partial charge in [0.25, 0.3) is 0 Å². The summed E-state index contributed by atoms with van der Waals surface area (Å²) in [7, 11) is 0. The number of hydrogen-bond acceptors (Lipinski definition) is 2. The van der Waals surface area contributed by atoms with Gasteiger partial charge < -0.3 is 10.0 Å². The number of aliphatic hydroxyl groups is 1. The van der Waals surface area contributed by atoms with Gasteiger partial charge in [-0.25, -0.2) is 0 Å². The monoisotopic (exact) mass is 323 g/mol. The van der Waals surface area contributed by atoms with Crippen molar-refractivity contribution in [1.29, 1.82) is 0 Å². The standard InChI is InChI=1S/C15H18BrNO2/c1-11-8-9-17(10-14(11)18)15(19)7-4-12-2-5-13(16)6-3-12/h2-7,11,14,18H,8-10H2,1H3/b7-4+. The van der Waals surface area contributed by atoms with Crippen LogP contribution >= 0.6 is 15.9 Å². The number of likely N-dealkylation sites (tertiary alicyclic amines) is 1. The molecule has 4 heteroatoms. The summed E-state index contributed by atoms with van der Waals surface area (Å²) < 4.78 is 1.02. The van der Waals surface area contributed by atoms with Crippen LogP contribution in [0.4, 0.5) is 0 Å². The molecule has 102 valence electrons. The second-order valence-electron chi connectivity index (χ2n) is 5.00. The summed E-state index contributed by atoms with van der Waals surface area (Å²) in [5, 5.41) is 9.79. The highest BCUT2D eigenvalue weighted by Crippen LogP contribution is 2.17. The Morgan fingerprint density at radius 1 is 1.42 bits per heavy atom. The van der Waals surface area contributed by atoms with Crippen molar-refractivity contribution >= 4 is 27.9 Å². The number of carbonyl (C=O) groups excluding carboxylic acids is 1. The minimum absolute atomic E-state index is 0.0335. The van der Waals surface area contributed by atoms with E-state index in [-0.39, 0.29) is 11.8 Å². The molecule has 1 aliphatic rings. The van der Waals surface area contributed by atoms with Crippen molar-refractivity contribution in [3.8, 4) is 0 Å². The Bertz CT molecular complexity index is 470. The van der Waals surface area contributed by atoms with Crippen LogP contribution in [0.25, 0.3) is 6.08 Å². The predicted octanol–water partition coefficient (Wildman–Crippen LogP) is 2.69. The van der Waals surface area contributed by atoms with Crippen LogP contribution in [0.15, 0.2) is 34.8 Å². The molecule has 1 aromatic carbocycles. The quantitative estimate of drug-likeness (QED) is 0.850. The highest BCUT2D eigenvalue weighted by atomic mass is 79.9. The summed E-state index contributed by atoms with van der Waals surface area (Å²) in [6.45, 7) is 3.18. The Morgan fingerprint density at radius 2 is 2.11 bits per heavy atom. The first-order valence-corrected chi connectivity index (χ1v) is 7.26. The summed E-state index contributed by atoms with van der Waals surface area (Å²) in [4.78, 5) is 13.7. The lowest BCUT2D eigenvalue weighted by Crippen LogP contribution is -2.45. The van der Waals surface area contributed by atoms with Gasteiger partial charge in [0.1, 0.15) is 0 Å². The van der Waals surface area contributed by atoms with E-state index in [1.165, 1.54) is 0 Å². The number of benzene rings is 1. The van der Waals surface area contributed by atoms with Crippen LogP contribution in [-0.4, -0.2) is 35.1 Å². The number of carbonyl (C=O) groups is 1. The molecule has 2 atom stereocenters. The molecule has 0 radical (unpaired) electrons. The van der Waals surface area contributed by atoms with Crippen LogP contribution in [0.2, 0.25) is 0 Å². The Kier molecular flexibility index (Phi) is 4.77. The van der Waals surface area contributed by atoms with Crippen LogP contribution in [0.3, 0.4) is 0 Å². The van der Waals surface area contributed by atoms with Crippen LogP contribution in [0.1, 0.15) is 18.9 Å². The third-order valence-electron chi connectivity index (χ3n) is 3.52. The molecule has 1 aliphatic heterocycles.